The van der Waals surface area contributed by atoms with Gasteiger partial charge in [0.25, 0.3) is 5.56 Å². The van der Waals surface area contributed by atoms with Crippen molar-refractivity contribution in [3.8, 4) is 6.07 Å². The summed E-state index contributed by atoms with van der Waals surface area (Å²) < 4.78 is 1.48. The molecule has 0 bridgehead atoms. The highest BCUT2D eigenvalue weighted by atomic mass is 35.5. The number of nitrogens with zero attached hydrogens (tertiary/aromatic N) is 2. The lowest BCUT2D eigenvalue weighted by molar-refractivity contribution is 0.758. The highest BCUT2D eigenvalue weighted by Gasteiger charge is 2.03. The Bertz CT molecular complexity index is 640. The Morgan fingerprint density at radius 3 is 2.76 bits per heavy atom. The van der Waals surface area contributed by atoms with Gasteiger partial charge >= 0.3 is 0 Å². The van der Waals surface area contributed by atoms with Crippen LogP contribution in [0.5, 0.6) is 0 Å². The maximum atomic E-state index is 11.6. The van der Waals surface area contributed by atoms with Crippen LogP contribution in [-0.2, 0) is 6.54 Å². The van der Waals surface area contributed by atoms with Gasteiger partial charge in [-0.25, -0.2) is 0 Å². The van der Waals surface area contributed by atoms with Gasteiger partial charge in [0, 0.05) is 12.3 Å². The van der Waals surface area contributed by atoms with Crippen molar-refractivity contribution in [2.45, 2.75) is 6.54 Å². The summed E-state index contributed by atoms with van der Waals surface area (Å²) in [6, 6.07) is 12.3. The molecule has 1 aromatic heterocycles. The minimum absolute atomic E-state index is 0.137. The molecule has 1 aromatic carbocycles. The monoisotopic (exact) mass is 244 g/mol. The predicted octanol–water partition coefficient (Wildman–Crippen LogP) is 2.42. The zero-order chi connectivity index (χ0) is 12.3. The smallest absolute Gasteiger partial charge is 0.250 e. The van der Waals surface area contributed by atoms with Crippen LogP contribution >= 0.6 is 11.6 Å². The molecular weight excluding hydrogens is 236 g/mol. The molecule has 2 rings (SSSR count). The van der Waals surface area contributed by atoms with E-state index in [-0.39, 0.29) is 5.56 Å². The van der Waals surface area contributed by atoms with Gasteiger partial charge in [-0.3, -0.25) is 4.79 Å². The summed E-state index contributed by atoms with van der Waals surface area (Å²) >= 11 is 5.83. The van der Waals surface area contributed by atoms with E-state index in [0.29, 0.717) is 17.1 Å². The van der Waals surface area contributed by atoms with Crippen molar-refractivity contribution >= 4 is 11.6 Å². The van der Waals surface area contributed by atoms with Crippen molar-refractivity contribution in [3.63, 3.8) is 0 Å². The van der Waals surface area contributed by atoms with Crippen molar-refractivity contribution in [1.29, 1.82) is 5.26 Å². The molecule has 0 saturated heterocycles. The minimum atomic E-state index is -0.137. The lowest BCUT2D eigenvalue weighted by Crippen LogP contribution is -2.19. The highest BCUT2D eigenvalue weighted by molar-refractivity contribution is 6.30. The molecule has 3 nitrogen and oxygen atoms in total. The molecule has 4 heteroatoms. The Kier molecular flexibility index (Phi) is 3.27. The Morgan fingerprint density at radius 2 is 2.00 bits per heavy atom. The first-order chi connectivity index (χ1) is 8.20. The summed E-state index contributed by atoms with van der Waals surface area (Å²) in [7, 11) is 0. The van der Waals surface area contributed by atoms with Crippen LogP contribution in [0.25, 0.3) is 0 Å². The van der Waals surface area contributed by atoms with E-state index in [1.165, 1.54) is 10.6 Å². The van der Waals surface area contributed by atoms with Crippen molar-refractivity contribution in [1.82, 2.24) is 4.57 Å². The molecule has 2 aromatic rings. The largest absolute Gasteiger partial charge is 0.310 e. The Balaban J connectivity index is 2.42. The van der Waals surface area contributed by atoms with Gasteiger partial charge in [-0.2, -0.15) is 5.26 Å². The summed E-state index contributed by atoms with van der Waals surface area (Å²) in [6.07, 6.45) is 1.57. The third-order valence-corrected chi connectivity index (χ3v) is 2.65. The van der Waals surface area contributed by atoms with E-state index in [9.17, 15) is 4.79 Å². The molecular formula is C13H9ClN2O. The van der Waals surface area contributed by atoms with Crippen LogP contribution in [-0.4, -0.2) is 4.57 Å². The molecule has 0 aliphatic heterocycles. The lowest BCUT2D eigenvalue weighted by atomic mass is 10.1. The fraction of sp³-hybridized carbons (Fsp3) is 0.0769. The molecule has 0 aliphatic carbocycles. The first-order valence-electron chi connectivity index (χ1n) is 5.05. The fourth-order valence-corrected chi connectivity index (χ4v) is 1.76. The summed E-state index contributed by atoms with van der Waals surface area (Å²) in [5.41, 5.74) is 1.24. The first kappa shape index (κ1) is 11.4. The van der Waals surface area contributed by atoms with Gasteiger partial charge in [0.15, 0.2) is 0 Å². The molecule has 17 heavy (non-hydrogen) atoms. The van der Waals surface area contributed by atoms with Gasteiger partial charge in [-0.15, -0.1) is 0 Å². The number of hydrogen-bond donors (Lipinski definition) is 0. The summed E-state index contributed by atoms with van der Waals surface area (Å²) in [4.78, 5) is 11.6. The van der Waals surface area contributed by atoms with E-state index in [2.05, 4.69) is 6.07 Å². The first-order valence-corrected chi connectivity index (χ1v) is 5.42. The molecule has 0 unspecified atom stereocenters. The van der Waals surface area contributed by atoms with Crippen LogP contribution in [0.2, 0.25) is 5.02 Å². The van der Waals surface area contributed by atoms with Crippen molar-refractivity contribution in [2.24, 2.45) is 0 Å². The quantitative estimate of drug-likeness (QED) is 0.815. The minimum Gasteiger partial charge on any atom is -0.310 e. The fourth-order valence-electron chi connectivity index (χ4n) is 1.58. The molecule has 0 N–H and O–H groups in total. The van der Waals surface area contributed by atoms with Crippen LogP contribution in [0.1, 0.15) is 11.1 Å². The lowest BCUT2D eigenvalue weighted by Gasteiger charge is -2.07. The van der Waals surface area contributed by atoms with Crippen LogP contribution in [0.3, 0.4) is 0 Å². The Labute approximate surface area is 104 Å². The zero-order valence-corrected chi connectivity index (χ0v) is 9.69. The SMILES string of the molecule is N#Cc1ccccc1Cn1cc(Cl)ccc1=O. The van der Waals surface area contributed by atoms with E-state index in [4.69, 9.17) is 16.9 Å². The van der Waals surface area contributed by atoms with Gasteiger partial charge < -0.3 is 4.57 Å². The molecule has 0 fully saturated rings. The number of aromatic nitrogens is 1. The molecule has 1 heterocycles. The topological polar surface area (TPSA) is 45.8 Å². The number of nitriles is 1. The number of hydrogen-bond acceptors (Lipinski definition) is 2. The molecule has 84 valence electrons. The van der Waals surface area contributed by atoms with E-state index < -0.39 is 0 Å². The maximum absolute atomic E-state index is 11.6. The standard InChI is InChI=1S/C13H9ClN2O/c14-12-5-6-13(17)16(9-12)8-11-4-2-1-3-10(11)7-15/h1-6,9H,8H2. The van der Waals surface area contributed by atoms with Gasteiger partial charge in [0.2, 0.25) is 0 Å². The zero-order valence-electron chi connectivity index (χ0n) is 8.93. The number of rotatable bonds is 2. The summed E-state index contributed by atoms with van der Waals surface area (Å²) in [5.74, 6) is 0. The second-order valence-electron chi connectivity index (χ2n) is 3.58. The third-order valence-electron chi connectivity index (χ3n) is 2.43. The summed E-state index contributed by atoms with van der Waals surface area (Å²) in [5, 5.41) is 9.46. The van der Waals surface area contributed by atoms with Crippen LogP contribution in [0.4, 0.5) is 0 Å². The second kappa shape index (κ2) is 4.86. The van der Waals surface area contributed by atoms with Crippen molar-refractivity contribution in [2.75, 3.05) is 0 Å². The molecule has 0 atom stereocenters. The molecule has 0 saturated carbocycles. The number of halogens is 1. The maximum Gasteiger partial charge on any atom is 0.250 e. The van der Waals surface area contributed by atoms with Crippen LogP contribution < -0.4 is 5.56 Å². The highest BCUT2D eigenvalue weighted by Crippen LogP contribution is 2.10. The van der Waals surface area contributed by atoms with E-state index in [1.807, 2.05) is 12.1 Å². The summed E-state index contributed by atoms with van der Waals surface area (Å²) in [6.45, 7) is 0.350. The van der Waals surface area contributed by atoms with Crippen LogP contribution in [0, 0.1) is 11.3 Å². The van der Waals surface area contributed by atoms with Crippen molar-refractivity contribution < 1.29 is 0 Å². The van der Waals surface area contributed by atoms with E-state index in [0.717, 1.165) is 5.56 Å². The van der Waals surface area contributed by atoms with Crippen LogP contribution in [0.15, 0.2) is 47.4 Å². The average molecular weight is 245 g/mol. The van der Waals surface area contributed by atoms with Gasteiger partial charge in [-0.05, 0) is 17.7 Å². The molecule has 0 aliphatic rings. The molecule has 0 spiro atoms. The normalized spacial score (nSPS) is 9.88. The third kappa shape index (κ3) is 2.55. The van der Waals surface area contributed by atoms with E-state index in [1.54, 1.807) is 24.4 Å². The van der Waals surface area contributed by atoms with Gasteiger partial charge in [0.05, 0.1) is 23.2 Å². The molecule has 0 amide bonds. The second-order valence-corrected chi connectivity index (χ2v) is 4.02. The predicted molar refractivity (Wildman–Crippen MR) is 66.0 cm³/mol. The van der Waals surface area contributed by atoms with Gasteiger partial charge in [0.1, 0.15) is 0 Å². The van der Waals surface area contributed by atoms with Gasteiger partial charge in [-0.1, -0.05) is 29.8 Å². The van der Waals surface area contributed by atoms with Crippen molar-refractivity contribution in [3.05, 3.63) is 69.1 Å². The molecule has 0 radical (unpaired) electrons. The Hall–Kier alpha value is -2.05. The number of benzene rings is 1. The number of pyridine rings is 1. The average Bonchev–Trinajstić information content (AvgIpc) is 2.34. The van der Waals surface area contributed by atoms with E-state index >= 15 is 0 Å². The Morgan fingerprint density at radius 1 is 1.24 bits per heavy atom.